The lowest BCUT2D eigenvalue weighted by molar-refractivity contribution is -0.156. The van der Waals surface area contributed by atoms with E-state index in [0.29, 0.717) is 27.6 Å². The summed E-state index contributed by atoms with van der Waals surface area (Å²) in [5.74, 6) is -8.05. The molecular formula is C59H79N11O14. The van der Waals surface area contributed by atoms with Crippen LogP contribution in [0, 0.1) is 0 Å². The van der Waals surface area contributed by atoms with Crippen LogP contribution >= 0.6 is 0 Å². The highest BCUT2D eigenvalue weighted by molar-refractivity contribution is 5.98. The fourth-order valence-electron chi connectivity index (χ4n) is 8.91. The van der Waals surface area contributed by atoms with Crippen LogP contribution in [-0.4, -0.2) is 142 Å². The van der Waals surface area contributed by atoms with Gasteiger partial charge in [0.25, 0.3) is 0 Å². The lowest BCUT2D eigenvalue weighted by Crippen LogP contribution is -2.59. The van der Waals surface area contributed by atoms with Gasteiger partial charge in [0.15, 0.2) is 0 Å². The van der Waals surface area contributed by atoms with Crippen molar-refractivity contribution in [1.29, 1.82) is 0 Å². The number of amides is 10. The van der Waals surface area contributed by atoms with Crippen molar-refractivity contribution >= 4 is 76.1 Å². The van der Waals surface area contributed by atoms with Crippen molar-refractivity contribution in [2.75, 3.05) is 19.6 Å². The fraction of sp³-hybridized carbons (Fsp3) is 0.475. The Bertz CT molecular complexity index is 2960. The summed E-state index contributed by atoms with van der Waals surface area (Å²) in [5, 5.41) is 34.2. The minimum Gasteiger partial charge on any atom is -0.508 e. The zero-order valence-electron chi connectivity index (χ0n) is 48.3. The van der Waals surface area contributed by atoms with Crippen molar-refractivity contribution in [1.82, 2.24) is 52.8 Å². The Hall–Kier alpha value is -9.03. The number of hydrogen-bond donors (Lipinski definition) is 12. The second kappa shape index (κ2) is 31.4. The van der Waals surface area contributed by atoms with Crippen LogP contribution < -0.4 is 53.6 Å². The van der Waals surface area contributed by atoms with Gasteiger partial charge in [-0.25, -0.2) is 4.79 Å². The monoisotopic (exact) mass is 1170 g/mol. The molecule has 6 atom stereocenters. The van der Waals surface area contributed by atoms with E-state index in [1.54, 1.807) is 114 Å². The van der Waals surface area contributed by atoms with Crippen molar-refractivity contribution in [3.63, 3.8) is 0 Å². The lowest BCUT2D eigenvalue weighted by atomic mass is 10.0. The van der Waals surface area contributed by atoms with Crippen LogP contribution in [0.2, 0.25) is 0 Å². The Kier molecular flexibility index (Phi) is 24.6. The molecule has 0 radical (unpaired) electrons. The molecule has 3 aromatic carbocycles. The third-order valence-electron chi connectivity index (χ3n) is 13.0. The van der Waals surface area contributed by atoms with Crippen LogP contribution in [0.3, 0.4) is 0 Å². The zero-order valence-corrected chi connectivity index (χ0v) is 48.3. The van der Waals surface area contributed by atoms with Crippen LogP contribution in [0.25, 0.3) is 10.9 Å². The van der Waals surface area contributed by atoms with E-state index < -0.39 is 126 Å². The van der Waals surface area contributed by atoms with Crippen LogP contribution in [0.5, 0.6) is 5.75 Å². The van der Waals surface area contributed by atoms with Crippen molar-refractivity contribution in [2.45, 2.75) is 160 Å². The molecule has 454 valence electrons. The number of carbonyl (C=O) groups is 11. The molecule has 0 unspecified atom stereocenters. The molecule has 1 aliphatic rings. The molecule has 25 heteroatoms. The van der Waals surface area contributed by atoms with E-state index in [1.165, 1.54) is 12.1 Å². The molecule has 0 saturated carbocycles. The number of hydrogen-bond acceptors (Lipinski definition) is 14. The molecule has 1 saturated heterocycles. The van der Waals surface area contributed by atoms with Gasteiger partial charge in [-0.05, 0) is 109 Å². The van der Waals surface area contributed by atoms with Crippen molar-refractivity contribution in [3.05, 3.63) is 102 Å². The molecule has 1 aromatic heterocycles. The number of nitrogens with one attached hydrogen (secondary N) is 10. The topological polar surface area (TPSA) is 377 Å². The first-order valence-corrected chi connectivity index (χ1v) is 27.9. The van der Waals surface area contributed by atoms with Crippen LogP contribution in [0.4, 0.5) is 4.79 Å². The summed E-state index contributed by atoms with van der Waals surface area (Å²) < 4.78 is 10.9. The highest BCUT2D eigenvalue weighted by atomic mass is 16.6. The molecule has 0 aliphatic carbocycles. The van der Waals surface area contributed by atoms with Crippen molar-refractivity contribution in [2.24, 2.45) is 5.73 Å². The molecule has 4 aromatic rings. The number of ether oxygens (including phenoxy) is 2. The molecule has 5 rings (SSSR count). The number of fused-ring (bicyclic) bond motifs is 1. The maximum Gasteiger partial charge on any atom is 0.408 e. The average Bonchev–Trinajstić information content (AvgIpc) is 3.94. The maximum absolute atomic E-state index is 14.7. The molecule has 13 N–H and O–H groups in total. The normalized spacial score (nSPS) is 18.5. The van der Waals surface area contributed by atoms with E-state index in [0.717, 1.165) is 0 Å². The van der Waals surface area contributed by atoms with Gasteiger partial charge in [0.1, 0.15) is 53.2 Å². The Morgan fingerprint density at radius 2 is 1.25 bits per heavy atom. The Morgan fingerprint density at radius 1 is 0.643 bits per heavy atom. The number of aromatic nitrogens is 1. The molecule has 25 nitrogen and oxygen atoms in total. The van der Waals surface area contributed by atoms with Gasteiger partial charge in [0.2, 0.25) is 53.2 Å². The fourth-order valence-corrected chi connectivity index (χ4v) is 8.91. The van der Waals surface area contributed by atoms with E-state index in [2.05, 4.69) is 52.8 Å². The van der Waals surface area contributed by atoms with Gasteiger partial charge >= 0.3 is 12.1 Å². The number of phenolic OH excluding ortho intramolecular Hbond substituents is 1. The van der Waals surface area contributed by atoms with E-state index >= 15 is 0 Å². The number of aromatic amines is 1. The highest BCUT2D eigenvalue weighted by Crippen LogP contribution is 2.20. The SMILES string of the molecule is CC(C)(C)OC(=O)C[C@H](NC(=O)[C@@H]1CCCNC(=O)CCCC(=O)NCCC[C@H](NC(=O)[C@H](Cc2ccc(O)cc2)NC(=O)OC(C)(C)C)C(=O)NCC(=O)N[C@@H](Cc2c[nH]c3ccccc23)C(=O)N1)C(=O)N[C@@H](Cc1ccccc1)C(N)=O. The predicted molar refractivity (Wildman–Crippen MR) is 308 cm³/mol. The second-order valence-electron chi connectivity index (χ2n) is 22.4. The quantitative estimate of drug-likeness (QED) is 0.0709. The summed E-state index contributed by atoms with van der Waals surface area (Å²) >= 11 is 0. The zero-order chi connectivity index (χ0) is 61.6. The first-order chi connectivity index (χ1) is 39.7. The first-order valence-electron chi connectivity index (χ1n) is 27.9. The van der Waals surface area contributed by atoms with Gasteiger partial charge in [-0.1, -0.05) is 60.7 Å². The number of carbonyl (C=O) groups excluding carboxylic acids is 11. The minimum absolute atomic E-state index is 0.00614. The largest absolute Gasteiger partial charge is 0.508 e. The van der Waals surface area contributed by atoms with Crippen LogP contribution in [0.15, 0.2) is 85.1 Å². The number of alkyl carbamates (subject to hydrolysis) is 1. The third-order valence-corrected chi connectivity index (χ3v) is 13.0. The van der Waals surface area contributed by atoms with Crippen molar-refractivity contribution < 1.29 is 67.3 Å². The van der Waals surface area contributed by atoms with Crippen LogP contribution in [0.1, 0.15) is 110 Å². The maximum atomic E-state index is 14.7. The number of primary amides is 1. The van der Waals surface area contributed by atoms with E-state index in [-0.39, 0.29) is 83.0 Å². The summed E-state index contributed by atoms with van der Waals surface area (Å²) in [6, 6.07) is 13.0. The standard InChI is InChI=1S/C59H79N11O14/c1-58(2,3)83-50(75)32-46(56(81)68-43(51(60)76)29-35-15-8-7-9-16-35)69-53(78)42-20-14-28-62-48(73)22-12-21-47(72)61-27-13-19-41(66-54(79)44(70-57(82)84-59(4,5)6)30-36-23-25-38(71)26-24-36)52(77)64-34-49(74)65-45(55(80)67-42)31-37-33-63-40-18-11-10-17-39(37)40/h7-11,15-18,23-26,33,41-46,63,71H,12-14,19-22,27-32,34H2,1-6H3,(H2,60,76)(H,61,72)(H,62,73)(H,64,77)(H,65,74)(H,66,79)(H,67,80)(H,68,81)(H,69,78)(H,70,82)/t41-,42-,43-,44-,45-,46-/m0/s1. The van der Waals surface area contributed by atoms with Crippen molar-refractivity contribution in [3.8, 4) is 5.75 Å². The Morgan fingerprint density at radius 3 is 1.89 bits per heavy atom. The first kappa shape index (κ1) is 65.8. The van der Waals surface area contributed by atoms with Gasteiger partial charge in [0, 0.05) is 62.3 Å². The summed E-state index contributed by atoms with van der Waals surface area (Å²) in [5.41, 5.74) is 6.21. The molecule has 84 heavy (non-hydrogen) atoms. The van der Waals surface area contributed by atoms with Gasteiger partial charge in [-0.2, -0.15) is 0 Å². The Labute approximate surface area is 487 Å². The number of rotatable bonds is 16. The summed E-state index contributed by atoms with van der Waals surface area (Å²) in [6.07, 6.45) is -0.348. The molecule has 0 bridgehead atoms. The number of phenols is 1. The smallest absolute Gasteiger partial charge is 0.408 e. The number of para-hydroxylation sites is 1. The number of nitrogens with two attached hydrogens (primary N) is 1. The number of esters is 1. The van der Waals surface area contributed by atoms with Gasteiger partial charge < -0.3 is 73.1 Å². The summed E-state index contributed by atoms with van der Waals surface area (Å²) in [4.78, 5) is 154. The van der Waals surface area contributed by atoms with Gasteiger partial charge in [0.05, 0.1) is 13.0 Å². The van der Waals surface area contributed by atoms with Gasteiger partial charge in [-0.3, -0.25) is 47.9 Å². The van der Waals surface area contributed by atoms with E-state index in [9.17, 15) is 57.8 Å². The predicted octanol–water partition coefficient (Wildman–Crippen LogP) is 1.53. The number of H-pyrrole nitrogens is 1. The summed E-state index contributed by atoms with van der Waals surface area (Å²) in [6.45, 7) is 9.01. The second-order valence-corrected chi connectivity index (χ2v) is 22.4. The Balaban J connectivity index is 1.45. The molecular weight excluding hydrogens is 1090 g/mol. The molecule has 1 fully saturated rings. The average molecular weight is 1170 g/mol. The van der Waals surface area contributed by atoms with Crippen LogP contribution in [-0.2, 0) is 76.7 Å². The van der Waals surface area contributed by atoms with Gasteiger partial charge in [-0.15, -0.1) is 0 Å². The molecule has 2 heterocycles. The molecule has 10 amide bonds. The lowest BCUT2D eigenvalue weighted by Gasteiger charge is -2.27. The van der Waals surface area contributed by atoms with E-state index in [4.69, 9.17) is 15.2 Å². The third kappa shape index (κ3) is 23.1. The number of benzene rings is 3. The number of aromatic hydroxyl groups is 1. The summed E-state index contributed by atoms with van der Waals surface area (Å²) in [7, 11) is 0. The minimum atomic E-state index is -1.69. The highest BCUT2D eigenvalue weighted by Gasteiger charge is 2.35. The molecule has 1 aliphatic heterocycles. The van der Waals surface area contributed by atoms with E-state index in [1.807, 2.05) is 0 Å². The molecule has 0 spiro atoms.